The highest BCUT2D eigenvalue weighted by molar-refractivity contribution is 5.76. The standard InChI is InChI=1S/C18H23NO6/c1-2-22-16(20)15-12-19(9-8-18(15)24-10-11-25-18)17(21)23-13-14-6-4-3-5-7-14/h3-7,15H,2,8-13H2,1H3. The topological polar surface area (TPSA) is 74.3 Å². The molecule has 2 aliphatic heterocycles. The number of likely N-dealkylation sites (tertiary alicyclic amines) is 1. The zero-order valence-corrected chi connectivity index (χ0v) is 14.3. The highest BCUT2D eigenvalue weighted by Crippen LogP contribution is 2.37. The van der Waals surface area contributed by atoms with Crippen LogP contribution in [0.3, 0.4) is 0 Å². The van der Waals surface area contributed by atoms with E-state index in [4.69, 9.17) is 18.9 Å². The van der Waals surface area contributed by atoms with Crippen molar-refractivity contribution in [1.29, 1.82) is 0 Å². The number of piperidine rings is 1. The summed E-state index contributed by atoms with van der Waals surface area (Å²) in [6.07, 6.45) is -0.0392. The molecule has 25 heavy (non-hydrogen) atoms. The average molecular weight is 349 g/mol. The molecule has 0 bridgehead atoms. The molecule has 1 unspecified atom stereocenters. The van der Waals surface area contributed by atoms with Crippen LogP contribution in [0.1, 0.15) is 18.9 Å². The molecule has 0 saturated carbocycles. The second kappa shape index (κ2) is 7.84. The van der Waals surface area contributed by atoms with Crippen LogP contribution in [0.5, 0.6) is 0 Å². The Balaban J connectivity index is 1.63. The highest BCUT2D eigenvalue weighted by atomic mass is 16.7. The number of hydrogen-bond donors (Lipinski definition) is 0. The minimum atomic E-state index is -0.984. The highest BCUT2D eigenvalue weighted by Gasteiger charge is 2.53. The van der Waals surface area contributed by atoms with Gasteiger partial charge in [0.05, 0.1) is 19.8 Å². The molecular formula is C18H23NO6. The van der Waals surface area contributed by atoms with E-state index in [-0.39, 0.29) is 19.8 Å². The molecule has 1 atom stereocenters. The van der Waals surface area contributed by atoms with Crippen molar-refractivity contribution in [3.05, 3.63) is 35.9 Å². The van der Waals surface area contributed by atoms with Gasteiger partial charge in [0.2, 0.25) is 0 Å². The minimum Gasteiger partial charge on any atom is -0.466 e. The van der Waals surface area contributed by atoms with Crippen molar-refractivity contribution in [3.8, 4) is 0 Å². The van der Waals surface area contributed by atoms with E-state index in [0.717, 1.165) is 5.56 Å². The van der Waals surface area contributed by atoms with Crippen LogP contribution in [-0.2, 0) is 30.3 Å². The van der Waals surface area contributed by atoms with Crippen molar-refractivity contribution >= 4 is 12.1 Å². The summed E-state index contributed by atoms with van der Waals surface area (Å²) in [5.74, 6) is -2.07. The molecule has 0 aliphatic carbocycles. The third kappa shape index (κ3) is 3.93. The zero-order chi connectivity index (χ0) is 17.7. The molecule has 7 heteroatoms. The van der Waals surface area contributed by atoms with Gasteiger partial charge < -0.3 is 23.8 Å². The first kappa shape index (κ1) is 17.7. The Morgan fingerprint density at radius 1 is 1.20 bits per heavy atom. The van der Waals surface area contributed by atoms with Crippen LogP contribution in [0.25, 0.3) is 0 Å². The smallest absolute Gasteiger partial charge is 0.410 e. The third-order valence-corrected chi connectivity index (χ3v) is 4.47. The maximum atomic E-state index is 12.4. The lowest BCUT2D eigenvalue weighted by molar-refractivity contribution is -0.226. The summed E-state index contributed by atoms with van der Waals surface area (Å²) in [6, 6.07) is 9.46. The van der Waals surface area contributed by atoms with Gasteiger partial charge in [0.25, 0.3) is 0 Å². The lowest BCUT2D eigenvalue weighted by Gasteiger charge is -2.42. The molecule has 1 spiro atoms. The Labute approximate surface area is 146 Å². The number of rotatable bonds is 4. The fourth-order valence-electron chi connectivity index (χ4n) is 3.21. The predicted octanol–water partition coefficient (Wildman–Crippen LogP) is 1.95. The summed E-state index contributed by atoms with van der Waals surface area (Å²) in [4.78, 5) is 26.2. The molecule has 0 aromatic heterocycles. The normalized spacial score (nSPS) is 22.0. The van der Waals surface area contributed by atoms with E-state index in [2.05, 4.69) is 0 Å². The van der Waals surface area contributed by atoms with Crippen LogP contribution in [0.2, 0.25) is 0 Å². The first-order chi connectivity index (χ1) is 12.1. The van der Waals surface area contributed by atoms with Crippen LogP contribution in [0.4, 0.5) is 4.79 Å². The van der Waals surface area contributed by atoms with Gasteiger partial charge in [-0.05, 0) is 12.5 Å². The van der Waals surface area contributed by atoms with Crippen LogP contribution < -0.4 is 0 Å². The van der Waals surface area contributed by atoms with Crippen molar-refractivity contribution < 1.29 is 28.5 Å². The van der Waals surface area contributed by atoms with Gasteiger partial charge in [-0.25, -0.2) is 4.79 Å². The Hall–Kier alpha value is -2.12. The molecule has 3 rings (SSSR count). The Kier molecular flexibility index (Phi) is 5.55. The fourth-order valence-corrected chi connectivity index (χ4v) is 3.21. The van der Waals surface area contributed by atoms with Crippen molar-refractivity contribution in [1.82, 2.24) is 4.90 Å². The van der Waals surface area contributed by atoms with Crippen molar-refractivity contribution in [2.24, 2.45) is 5.92 Å². The summed E-state index contributed by atoms with van der Waals surface area (Å²) >= 11 is 0. The maximum Gasteiger partial charge on any atom is 0.410 e. The molecule has 0 radical (unpaired) electrons. The van der Waals surface area contributed by atoms with Crippen LogP contribution in [-0.4, -0.2) is 55.7 Å². The molecule has 2 saturated heterocycles. The van der Waals surface area contributed by atoms with E-state index in [1.165, 1.54) is 4.90 Å². The summed E-state index contributed by atoms with van der Waals surface area (Å²) in [5, 5.41) is 0. The van der Waals surface area contributed by atoms with E-state index in [1.807, 2.05) is 30.3 Å². The average Bonchev–Trinajstić information content (AvgIpc) is 3.10. The molecule has 7 nitrogen and oxygen atoms in total. The molecule has 2 heterocycles. The van der Waals surface area contributed by atoms with Crippen molar-refractivity contribution in [2.75, 3.05) is 32.9 Å². The first-order valence-corrected chi connectivity index (χ1v) is 8.55. The summed E-state index contributed by atoms with van der Waals surface area (Å²) in [7, 11) is 0. The van der Waals surface area contributed by atoms with Gasteiger partial charge in [-0.15, -0.1) is 0 Å². The van der Waals surface area contributed by atoms with Crippen LogP contribution in [0, 0.1) is 5.92 Å². The van der Waals surface area contributed by atoms with Crippen LogP contribution in [0.15, 0.2) is 30.3 Å². The molecule has 0 N–H and O–H groups in total. The zero-order valence-electron chi connectivity index (χ0n) is 14.3. The lowest BCUT2D eigenvalue weighted by atomic mass is 9.90. The number of carbonyl (C=O) groups excluding carboxylic acids is 2. The number of benzene rings is 1. The summed E-state index contributed by atoms with van der Waals surface area (Å²) in [6.45, 7) is 3.65. The number of ether oxygens (including phenoxy) is 4. The van der Waals surface area contributed by atoms with E-state index < -0.39 is 23.8 Å². The first-order valence-electron chi connectivity index (χ1n) is 8.55. The third-order valence-electron chi connectivity index (χ3n) is 4.47. The second-order valence-electron chi connectivity index (χ2n) is 6.05. The number of hydrogen-bond acceptors (Lipinski definition) is 6. The van der Waals surface area contributed by atoms with Gasteiger partial charge in [-0.1, -0.05) is 30.3 Å². The molecular weight excluding hydrogens is 326 g/mol. The molecule has 2 aliphatic rings. The van der Waals surface area contributed by atoms with Crippen molar-refractivity contribution in [2.45, 2.75) is 25.7 Å². The fraction of sp³-hybridized carbons (Fsp3) is 0.556. The molecule has 1 aromatic rings. The molecule has 2 fully saturated rings. The van der Waals surface area contributed by atoms with E-state index in [1.54, 1.807) is 6.92 Å². The van der Waals surface area contributed by atoms with Gasteiger partial charge in [0.15, 0.2) is 5.79 Å². The summed E-state index contributed by atoms with van der Waals surface area (Å²) in [5.41, 5.74) is 0.911. The van der Waals surface area contributed by atoms with E-state index >= 15 is 0 Å². The summed E-state index contributed by atoms with van der Waals surface area (Å²) < 4.78 is 21.9. The predicted molar refractivity (Wildman–Crippen MR) is 87.6 cm³/mol. The van der Waals surface area contributed by atoms with Gasteiger partial charge in [0, 0.05) is 19.5 Å². The molecule has 1 amide bonds. The number of esters is 1. The number of amides is 1. The minimum absolute atomic E-state index is 0.159. The largest absolute Gasteiger partial charge is 0.466 e. The van der Waals surface area contributed by atoms with Gasteiger partial charge >= 0.3 is 12.1 Å². The maximum absolute atomic E-state index is 12.4. The Morgan fingerprint density at radius 3 is 2.60 bits per heavy atom. The molecule has 1 aromatic carbocycles. The van der Waals surface area contributed by atoms with Gasteiger partial charge in [0.1, 0.15) is 12.5 Å². The van der Waals surface area contributed by atoms with E-state index in [0.29, 0.717) is 26.2 Å². The lowest BCUT2D eigenvalue weighted by Crippen LogP contribution is -2.57. The second-order valence-corrected chi connectivity index (χ2v) is 6.05. The quantitative estimate of drug-likeness (QED) is 0.774. The van der Waals surface area contributed by atoms with Gasteiger partial charge in [-0.3, -0.25) is 4.79 Å². The number of nitrogens with zero attached hydrogens (tertiary/aromatic N) is 1. The Bertz CT molecular complexity index is 599. The van der Waals surface area contributed by atoms with Gasteiger partial charge in [-0.2, -0.15) is 0 Å². The monoisotopic (exact) mass is 349 g/mol. The van der Waals surface area contributed by atoms with Crippen molar-refractivity contribution in [3.63, 3.8) is 0 Å². The van der Waals surface area contributed by atoms with Crippen LogP contribution >= 0.6 is 0 Å². The molecule has 136 valence electrons. The van der Waals surface area contributed by atoms with E-state index in [9.17, 15) is 9.59 Å². The SMILES string of the molecule is CCOC(=O)C1CN(C(=O)OCc2ccccc2)CCC12OCCO2. The number of carbonyl (C=O) groups is 2. The Morgan fingerprint density at radius 2 is 1.92 bits per heavy atom.